The highest BCUT2D eigenvalue weighted by molar-refractivity contribution is 5.80. The van der Waals surface area contributed by atoms with Gasteiger partial charge in [0.25, 0.3) is 0 Å². The number of nitrogens with zero attached hydrogens (tertiary/aromatic N) is 3. The van der Waals surface area contributed by atoms with Gasteiger partial charge in [-0.3, -0.25) is 9.69 Å². The van der Waals surface area contributed by atoms with Crippen molar-refractivity contribution in [3.8, 4) is 23.0 Å². The smallest absolute Gasteiger partial charge is 0.226 e. The summed E-state index contributed by atoms with van der Waals surface area (Å²) in [6, 6.07) is 9.09. The van der Waals surface area contributed by atoms with Gasteiger partial charge in [0.05, 0.1) is 34.5 Å². The minimum atomic E-state index is 0.0322. The molecule has 6 rings (SSSR count). The molecule has 8 nitrogen and oxygen atoms in total. The topological polar surface area (TPSA) is 63.7 Å². The van der Waals surface area contributed by atoms with Crippen molar-refractivity contribution in [2.24, 2.45) is 17.8 Å². The maximum Gasteiger partial charge on any atom is 0.226 e. The van der Waals surface area contributed by atoms with Crippen molar-refractivity contribution in [1.82, 2.24) is 14.7 Å². The fraction of sp³-hybridized carbons (Fsp3) is 0.639. The molecule has 4 atom stereocenters. The van der Waals surface area contributed by atoms with Crippen LogP contribution in [-0.2, 0) is 17.6 Å². The molecule has 8 heteroatoms. The molecule has 0 aromatic heterocycles. The molecule has 1 unspecified atom stereocenters. The Morgan fingerprint density at radius 1 is 0.773 bits per heavy atom. The number of fused-ring (bicyclic) bond motifs is 4. The second-order valence-electron chi connectivity index (χ2n) is 13.3. The van der Waals surface area contributed by atoms with Gasteiger partial charge in [0.15, 0.2) is 23.0 Å². The molecule has 2 saturated heterocycles. The van der Waals surface area contributed by atoms with E-state index in [4.69, 9.17) is 18.9 Å². The Bertz CT molecular complexity index is 1340. The Hall–Kier alpha value is -2.97. The molecule has 240 valence electrons. The summed E-state index contributed by atoms with van der Waals surface area (Å²) >= 11 is 0. The number of hydrogen-bond donors (Lipinski definition) is 0. The quantitative estimate of drug-likeness (QED) is 0.393. The fourth-order valence-electron chi connectivity index (χ4n) is 8.58. The average Bonchev–Trinajstić information content (AvgIpc) is 3.06. The average molecular weight is 606 g/mol. The number of carbonyl (C=O) groups excluding carboxylic acids is 1. The van der Waals surface area contributed by atoms with Gasteiger partial charge in [-0.05, 0) is 117 Å². The van der Waals surface area contributed by atoms with Gasteiger partial charge in [0, 0.05) is 31.6 Å². The number of rotatable bonds is 8. The molecule has 2 aromatic carbocycles. The third-order valence-corrected chi connectivity index (χ3v) is 11.2. The second kappa shape index (κ2) is 13.2. The first kappa shape index (κ1) is 31.0. The van der Waals surface area contributed by atoms with Crippen LogP contribution in [0.1, 0.15) is 73.4 Å². The Morgan fingerprint density at radius 2 is 1.34 bits per heavy atom. The molecule has 0 bridgehead atoms. The molecule has 4 heterocycles. The first-order chi connectivity index (χ1) is 21.4. The molecule has 0 N–H and O–H groups in total. The molecule has 1 amide bonds. The number of ether oxygens (including phenoxy) is 4. The third kappa shape index (κ3) is 5.76. The molecular formula is C36H51N3O5. The maximum absolute atomic E-state index is 14.3. The van der Waals surface area contributed by atoms with Crippen molar-refractivity contribution < 1.29 is 23.7 Å². The minimum absolute atomic E-state index is 0.0322. The summed E-state index contributed by atoms with van der Waals surface area (Å²) < 4.78 is 22.9. The lowest BCUT2D eigenvalue weighted by molar-refractivity contribution is -0.140. The first-order valence-corrected chi connectivity index (χ1v) is 16.6. The van der Waals surface area contributed by atoms with Crippen LogP contribution in [0.25, 0.3) is 0 Å². The van der Waals surface area contributed by atoms with Gasteiger partial charge in [-0.25, -0.2) is 0 Å². The zero-order chi connectivity index (χ0) is 31.0. The molecule has 4 aliphatic heterocycles. The van der Waals surface area contributed by atoms with Gasteiger partial charge in [-0.15, -0.1) is 0 Å². The van der Waals surface area contributed by atoms with Crippen molar-refractivity contribution in [2.45, 2.75) is 64.0 Å². The first-order valence-electron chi connectivity index (χ1n) is 16.6. The van der Waals surface area contributed by atoms with E-state index in [1.54, 1.807) is 28.4 Å². The zero-order valence-corrected chi connectivity index (χ0v) is 27.6. The molecule has 44 heavy (non-hydrogen) atoms. The highest BCUT2D eigenvalue weighted by Gasteiger charge is 2.43. The fourth-order valence-corrected chi connectivity index (χ4v) is 8.58. The van der Waals surface area contributed by atoms with Gasteiger partial charge in [0.1, 0.15) is 0 Å². The summed E-state index contributed by atoms with van der Waals surface area (Å²) in [6.07, 6.45) is 6.94. The highest BCUT2D eigenvalue weighted by Crippen LogP contribution is 2.49. The summed E-state index contributed by atoms with van der Waals surface area (Å²) in [6.45, 7) is 7.24. The summed E-state index contributed by atoms with van der Waals surface area (Å²) in [4.78, 5) is 21.6. The minimum Gasteiger partial charge on any atom is -0.493 e. The predicted octanol–water partition coefficient (Wildman–Crippen LogP) is 5.52. The van der Waals surface area contributed by atoms with Gasteiger partial charge < -0.3 is 28.7 Å². The van der Waals surface area contributed by atoms with Crippen molar-refractivity contribution in [3.63, 3.8) is 0 Å². The van der Waals surface area contributed by atoms with Crippen LogP contribution in [0.3, 0.4) is 0 Å². The predicted molar refractivity (Wildman–Crippen MR) is 172 cm³/mol. The van der Waals surface area contributed by atoms with Crippen LogP contribution in [0, 0.1) is 17.8 Å². The van der Waals surface area contributed by atoms with Gasteiger partial charge in [-0.1, -0.05) is 13.3 Å². The highest BCUT2D eigenvalue weighted by atomic mass is 16.5. The molecule has 4 aliphatic rings. The molecular weight excluding hydrogens is 554 g/mol. The molecule has 0 radical (unpaired) electrons. The summed E-state index contributed by atoms with van der Waals surface area (Å²) in [5, 5.41) is 0. The molecule has 2 fully saturated rings. The number of amides is 1. The van der Waals surface area contributed by atoms with Crippen LogP contribution in [0.2, 0.25) is 0 Å². The van der Waals surface area contributed by atoms with E-state index in [0.717, 1.165) is 101 Å². The zero-order valence-electron chi connectivity index (χ0n) is 27.6. The van der Waals surface area contributed by atoms with Crippen molar-refractivity contribution in [3.05, 3.63) is 46.5 Å². The Morgan fingerprint density at radius 3 is 1.95 bits per heavy atom. The van der Waals surface area contributed by atoms with Crippen molar-refractivity contribution in [1.29, 1.82) is 0 Å². The van der Waals surface area contributed by atoms with E-state index in [-0.39, 0.29) is 12.0 Å². The number of likely N-dealkylation sites (tertiary alicyclic amines) is 1. The molecule has 0 aliphatic carbocycles. The SMILES string of the molecule is CCC1CN2CCc3cc(OC)c(OC)cc3[C@@H]2C[C@H]1C[C@@H]1c2cc(OC)c(OC)cc2CCN1C(=O)C1CCN(C)CC1. The largest absolute Gasteiger partial charge is 0.493 e. The Balaban J connectivity index is 1.34. The van der Waals surface area contributed by atoms with E-state index in [9.17, 15) is 4.79 Å². The van der Waals surface area contributed by atoms with E-state index >= 15 is 0 Å². The number of carbonyl (C=O) groups is 1. The van der Waals surface area contributed by atoms with Gasteiger partial charge in [0.2, 0.25) is 5.91 Å². The number of methoxy groups -OCH3 is 4. The van der Waals surface area contributed by atoms with E-state index in [1.807, 2.05) is 0 Å². The van der Waals surface area contributed by atoms with E-state index < -0.39 is 0 Å². The maximum atomic E-state index is 14.3. The van der Waals surface area contributed by atoms with Crippen LogP contribution in [0.4, 0.5) is 0 Å². The lowest BCUT2D eigenvalue weighted by Gasteiger charge is -2.49. The molecule has 2 aromatic rings. The summed E-state index contributed by atoms with van der Waals surface area (Å²) in [7, 11) is 9.00. The van der Waals surface area contributed by atoms with Crippen LogP contribution < -0.4 is 18.9 Å². The van der Waals surface area contributed by atoms with E-state index in [1.165, 1.54) is 22.3 Å². The molecule has 0 spiro atoms. The van der Waals surface area contributed by atoms with Crippen molar-refractivity contribution in [2.75, 3.05) is 68.2 Å². The normalized spacial score (nSPS) is 25.9. The van der Waals surface area contributed by atoms with Crippen LogP contribution in [0.5, 0.6) is 23.0 Å². The summed E-state index contributed by atoms with van der Waals surface area (Å²) in [5.41, 5.74) is 5.27. The standard InChI is InChI=1S/C36H51N3O5/c1-7-23-22-38-14-10-25-18-32(41-3)34(43-5)20-28(25)30(38)16-27(23)17-31-29-21-35(44-6)33(42-4)19-26(29)11-15-39(31)36(40)24-8-12-37(2)13-9-24/h18-21,23-24,27,30-31H,7-17,22H2,1-6H3/t23?,27-,30-,31+/m0/s1. The summed E-state index contributed by atoms with van der Waals surface area (Å²) in [5.74, 6) is 4.64. The Labute approximate surface area is 263 Å². The number of hydrogen-bond acceptors (Lipinski definition) is 7. The molecule has 0 saturated carbocycles. The van der Waals surface area contributed by atoms with Crippen LogP contribution >= 0.6 is 0 Å². The van der Waals surface area contributed by atoms with Gasteiger partial charge >= 0.3 is 0 Å². The van der Waals surface area contributed by atoms with Crippen LogP contribution in [0.15, 0.2) is 24.3 Å². The number of benzene rings is 2. The lowest BCUT2D eigenvalue weighted by Crippen LogP contribution is -2.49. The van der Waals surface area contributed by atoms with Crippen LogP contribution in [-0.4, -0.2) is 88.8 Å². The monoisotopic (exact) mass is 605 g/mol. The lowest BCUT2D eigenvalue weighted by atomic mass is 9.72. The Kier molecular flexibility index (Phi) is 9.29. The second-order valence-corrected chi connectivity index (χ2v) is 13.3. The number of piperidine rings is 2. The third-order valence-electron chi connectivity index (χ3n) is 11.2. The van der Waals surface area contributed by atoms with Gasteiger partial charge in [-0.2, -0.15) is 0 Å². The van der Waals surface area contributed by atoms with E-state index in [2.05, 4.69) is 52.9 Å². The van der Waals surface area contributed by atoms with E-state index in [0.29, 0.717) is 23.8 Å². The van der Waals surface area contributed by atoms with Crippen molar-refractivity contribution >= 4 is 5.91 Å².